The van der Waals surface area contributed by atoms with Gasteiger partial charge in [-0.15, -0.1) is 0 Å². The van der Waals surface area contributed by atoms with Crippen molar-refractivity contribution in [3.05, 3.63) is 46.1 Å². The molecule has 0 aliphatic heterocycles. The maximum atomic E-state index is 12.0. The summed E-state index contributed by atoms with van der Waals surface area (Å²) in [6.07, 6.45) is -0.232. The van der Waals surface area contributed by atoms with Gasteiger partial charge < -0.3 is 19.6 Å². The third kappa shape index (κ3) is 4.72. The van der Waals surface area contributed by atoms with E-state index in [0.717, 1.165) is 5.56 Å². The first-order valence-corrected chi connectivity index (χ1v) is 8.10. The SMILES string of the molecule is CCc1nc(C)c(C(=O)NC[C@@H](O)COc2ccc(Cl)c(C)c2)o1. The fourth-order valence-corrected chi connectivity index (χ4v) is 2.18. The van der Waals surface area contributed by atoms with E-state index in [1.54, 1.807) is 25.1 Å². The highest BCUT2D eigenvalue weighted by molar-refractivity contribution is 6.31. The molecule has 0 aliphatic carbocycles. The number of amides is 1. The summed E-state index contributed by atoms with van der Waals surface area (Å²) >= 11 is 5.94. The first-order valence-electron chi connectivity index (χ1n) is 7.72. The lowest BCUT2D eigenvalue weighted by Gasteiger charge is -2.13. The van der Waals surface area contributed by atoms with Crippen LogP contribution in [0.1, 0.15) is 34.6 Å². The highest BCUT2D eigenvalue weighted by Gasteiger charge is 2.17. The number of aliphatic hydroxyl groups excluding tert-OH is 1. The Hall–Kier alpha value is -2.05. The summed E-state index contributed by atoms with van der Waals surface area (Å²) in [4.78, 5) is 16.2. The van der Waals surface area contributed by atoms with Gasteiger partial charge in [-0.05, 0) is 37.6 Å². The van der Waals surface area contributed by atoms with Gasteiger partial charge in [-0.25, -0.2) is 4.98 Å². The molecule has 2 aromatic rings. The number of aliphatic hydroxyl groups is 1. The molecule has 1 amide bonds. The first-order chi connectivity index (χ1) is 11.4. The summed E-state index contributed by atoms with van der Waals surface area (Å²) in [6.45, 7) is 5.58. The zero-order valence-electron chi connectivity index (χ0n) is 13.9. The topological polar surface area (TPSA) is 84.6 Å². The quantitative estimate of drug-likeness (QED) is 0.800. The zero-order valence-corrected chi connectivity index (χ0v) is 14.7. The number of aromatic nitrogens is 1. The maximum Gasteiger partial charge on any atom is 0.289 e. The lowest BCUT2D eigenvalue weighted by molar-refractivity contribution is 0.0820. The number of ether oxygens (including phenoxy) is 1. The highest BCUT2D eigenvalue weighted by Crippen LogP contribution is 2.21. The minimum absolute atomic E-state index is 0.0486. The van der Waals surface area contributed by atoms with Gasteiger partial charge in [0.1, 0.15) is 18.5 Å². The Morgan fingerprint density at radius 2 is 2.21 bits per heavy atom. The second-order valence-electron chi connectivity index (χ2n) is 5.46. The van der Waals surface area contributed by atoms with E-state index >= 15 is 0 Å². The van der Waals surface area contributed by atoms with Crippen molar-refractivity contribution in [1.29, 1.82) is 0 Å². The molecule has 1 atom stereocenters. The predicted octanol–water partition coefficient (Wildman–Crippen LogP) is 2.68. The van der Waals surface area contributed by atoms with E-state index in [-0.39, 0.29) is 18.9 Å². The van der Waals surface area contributed by atoms with Crippen LogP contribution in [-0.4, -0.2) is 35.3 Å². The zero-order chi connectivity index (χ0) is 17.7. The lowest BCUT2D eigenvalue weighted by Crippen LogP contribution is -2.35. The van der Waals surface area contributed by atoms with Gasteiger partial charge in [0, 0.05) is 18.0 Å². The standard InChI is InChI=1S/C17H21ClN2O4/c1-4-15-20-11(3)16(24-15)17(22)19-8-12(21)9-23-13-5-6-14(18)10(2)7-13/h5-7,12,21H,4,8-9H2,1-3H3,(H,19,22)/t12-/m1/s1. The molecule has 0 spiro atoms. The molecule has 6 nitrogen and oxygen atoms in total. The summed E-state index contributed by atoms with van der Waals surface area (Å²) < 4.78 is 10.9. The van der Waals surface area contributed by atoms with E-state index in [2.05, 4.69) is 10.3 Å². The van der Waals surface area contributed by atoms with E-state index in [1.165, 1.54) is 0 Å². The minimum Gasteiger partial charge on any atom is -0.491 e. The molecule has 130 valence electrons. The van der Waals surface area contributed by atoms with E-state index in [1.807, 2.05) is 13.8 Å². The average molecular weight is 353 g/mol. The van der Waals surface area contributed by atoms with Crippen LogP contribution < -0.4 is 10.1 Å². The molecule has 1 aromatic heterocycles. The van der Waals surface area contributed by atoms with Gasteiger partial charge in [-0.3, -0.25) is 4.79 Å². The second-order valence-corrected chi connectivity index (χ2v) is 5.87. The number of hydrogen-bond donors (Lipinski definition) is 2. The van der Waals surface area contributed by atoms with E-state index in [4.69, 9.17) is 20.8 Å². The Morgan fingerprint density at radius 3 is 2.83 bits per heavy atom. The van der Waals surface area contributed by atoms with Crippen molar-refractivity contribution in [3.63, 3.8) is 0 Å². The number of hydrogen-bond acceptors (Lipinski definition) is 5. The molecule has 1 aromatic carbocycles. The van der Waals surface area contributed by atoms with Crippen LogP contribution in [-0.2, 0) is 6.42 Å². The minimum atomic E-state index is -0.848. The summed E-state index contributed by atoms with van der Waals surface area (Å²) in [6, 6.07) is 5.25. The third-order valence-electron chi connectivity index (χ3n) is 3.42. The van der Waals surface area contributed by atoms with Gasteiger partial charge in [-0.2, -0.15) is 0 Å². The van der Waals surface area contributed by atoms with Crippen molar-refractivity contribution in [2.24, 2.45) is 0 Å². The monoisotopic (exact) mass is 352 g/mol. The molecule has 0 unspecified atom stereocenters. The van der Waals surface area contributed by atoms with Crippen molar-refractivity contribution in [3.8, 4) is 5.75 Å². The number of oxazole rings is 1. The molecule has 0 saturated heterocycles. The molecular weight excluding hydrogens is 332 g/mol. The predicted molar refractivity (Wildman–Crippen MR) is 90.6 cm³/mol. The van der Waals surface area contributed by atoms with Crippen LogP contribution >= 0.6 is 11.6 Å². The molecular formula is C17H21ClN2O4. The molecule has 1 heterocycles. The first kappa shape index (κ1) is 18.3. The maximum absolute atomic E-state index is 12.0. The van der Waals surface area contributed by atoms with Gasteiger partial charge in [0.15, 0.2) is 5.89 Å². The number of carbonyl (C=O) groups excluding carboxylic acids is 1. The number of carbonyl (C=O) groups is 1. The fraction of sp³-hybridized carbons (Fsp3) is 0.412. The molecule has 2 rings (SSSR count). The van der Waals surface area contributed by atoms with Gasteiger partial charge in [-0.1, -0.05) is 18.5 Å². The van der Waals surface area contributed by atoms with Crippen LogP contribution in [0, 0.1) is 13.8 Å². The fourth-order valence-electron chi connectivity index (χ4n) is 2.06. The number of nitrogens with zero attached hydrogens (tertiary/aromatic N) is 1. The molecule has 0 radical (unpaired) electrons. The Bertz CT molecular complexity index is 715. The molecule has 7 heteroatoms. The molecule has 0 saturated carbocycles. The highest BCUT2D eigenvalue weighted by atomic mass is 35.5. The van der Waals surface area contributed by atoms with E-state index in [0.29, 0.717) is 28.8 Å². The van der Waals surface area contributed by atoms with E-state index in [9.17, 15) is 9.90 Å². The normalized spacial score (nSPS) is 12.0. The Balaban J connectivity index is 1.81. The number of halogens is 1. The van der Waals surface area contributed by atoms with Gasteiger partial charge in [0.05, 0.1) is 5.69 Å². The summed E-state index contributed by atoms with van der Waals surface area (Å²) in [5.41, 5.74) is 1.43. The van der Waals surface area contributed by atoms with Crippen molar-refractivity contribution in [2.75, 3.05) is 13.2 Å². The van der Waals surface area contributed by atoms with Crippen LogP contribution in [0.25, 0.3) is 0 Å². The van der Waals surface area contributed by atoms with Crippen molar-refractivity contribution >= 4 is 17.5 Å². The van der Waals surface area contributed by atoms with Crippen LogP contribution in [0.2, 0.25) is 5.02 Å². The smallest absolute Gasteiger partial charge is 0.289 e. The lowest BCUT2D eigenvalue weighted by atomic mass is 10.2. The van der Waals surface area contributed by atoms with Crippen LogP contribution in [0.3, 0.4) is 0 Å². The van der Waals surface area contributed by atoms with Crippen LogP contribution in [0.15, 0.2) is 22.6 Å². The summed E-state index contributed by atoms with van der Waals surface area (Å²) in [5.74, 6) is 0.898. The number of rotatable bonds is 7. The van der Waals surface area contributed by atoms with Crippen molar-refractivity contribution in [1.82, 2.24) is 10.3 Å². The molecule has 0 fully saturated rings. The molecule has 2 N–H and O–H groups in total. The molecule has 0 aliphatic rings. The number of benzene rings is 1. The van der Waals surface area contributed by atoms with E-state index < -0.39 is 12.0 Å². The average Bonchev–Trinajstić information content (AvgIpc) is 2.94. The van der Waals surface area contributed by atoms with Crippen molar-refractivity contribution < 1.29 is 19.1 Å². The van der Waals surface area contributed by atoms with Gasteiger partial charge >= 0.3 is 0 Å². The van der Waals surface area contributed by atoms with Gasteiger partial charge in [0.2, 0.25) is 5.76 Å². The van der Waals surface area contributed by atoms with Crippen LogP contribution in [0.5, 0.6) is 5.75 Å². The Labute approximate surface area is 145 Å². The second kappa shape index (κ2) is 8.17. The summed E-state index contributed by atoms with van der Waals surface area (Å²) in [5, 5.41) is 13.2. The Kier molecular flexibility index (Phi) is 6.23. The number of aryl methyl sites for hydroxylation is 3. The molecule has 24 heavy (non-hydrogen) atoms. The Morgan fingerprint density at radius 1 is 1.46 bits per heavy atom. The molecule has 0 bridgehead atoms. The largest absolute Gasteiger partial charge is 0.491 e. The number of nitrogens with one attached hydrogen (secondary N) is 1. The third-order valence-corrected chi connectivity index (χ3v) is 3.84. The van der Waals surface area contributed by atoms with Crippen molar-refractivity contribution in [2.45, 2.75) is 33.3 Å². The van der Waals surface area contributed by atoms with Crippen LogP contribution in [0.4, 0.5) is 0 Å². The van der Waals surface area contributed by atoms with Gasteiger partial charge in [0.25, 0.3) is 5.91 Å². The summed E-state index contributed by atoms with van der Waals surface area (Å²) in [7, 11) is 0.